The Balaban J connectivity index is 3.26. The van der Waals surface area contributed by atoms with Gasteiger partial charge in [-0.2, -0.15) is 0 Å². The first-order chi connectivity index (χ1) is 9.29. The van der Waals surface area contributed by atoms with Crippen LogP contribution in [-0.4, -0.2) is 37.9 Å². The van der Waals surface area contributed by atoms with Gasteiger partial charge in [0, 0.05) is 0 Å². The molecule has 0 aliphatic carbocycles. The fraction of sp³-hybridized carbons (Fsp3) is 0.308. The molecular weight excluding hydrogens is 246 g/mol. The number of hydrogen-bond acceptors (Lipinski definition) is 6. The smallest absolute Gasteiger partial charge is 0.211 e. The highest BCUT2D eigenvalue weighted by atomic mass is 16.1. The molecule has 0 fully saturated rings. The Morgan fingerprint density at radius 1 is 0.789 bits per heavy atom. The highest BCUT2D eigenvalue weighted by Crippen LogP contribution is 2.26. The van der Waals surface area contributed by atoms with Crippen molar-refractivity contribution in [1.82, 2.24) is 0 Å². The first kappa shape index (κ1) is 14.4. The Hall–Kier alpha value is -2.64. The van der Waals surface area contributed by atoms with Crippen LogP contribution >= 0.6 is 0 Å². The van der Waals surface area contributed by atoms with Crippen molar-refractivity contribution < 1.29 is 14.4 Å². The Morgan fingerprint density at radius 2 is 1.21 bits per heavy atom. The van der Waals surface area contributed by atoms with Crippen molar-refractivity contribution in [3.05, 3.63) is 35.9 Å². The maximum Gasteiger partial charge on any atom is 0.234 e. The molecule has 0 aliphatic heterocycles. The summed E-state index contributed by atoms with van der Waals surface area (Å²) in [4.78, 5) is 41.6. The minimum Gasteiger partial charge on any atom is -0.211 e. The van der Waals surface area contributed by atoms with Crippen molar-refractivity contribution in [3.8, 4) is 0 Å². The second kappa shape index (κ2) is 7.64. The Kier molecular flexibility index (Phi) is 5.80. The van der Waals surface area contributed by atoms with Crippen molar-refractivity contribution in [2.75, 3.05) is 19.6 Å². The molecule has 6 heteroatoms. The van der Waals surface area contributed by atoms with Gasteiger partial charge >= 0.3 is 0 Å². The van der Waals surface area contributed by atoms with Gasteiger partial charge in [0.05, 0.1) is 25.0 Å². The molecule has 19 heavy (non-hydrogen) atoms. The third-order valence-electron chi connectivity index (χ3n) is 2.72. The van der Waals surface area contributed by atoms with E-state index in [4.69, 9.17) is 0 Å². The average molecular weight is 257 g/mol. The summed E-state index contributed by atoms with van der Waals surface area (Å²) in [6.07, 6.45) is 4.32. The van der Waals surface area contributed by atoms with Crippen LogP contribution in [0.3, 0.4) is 0 Å². The summed E-state index contributed by atoms with van der Waals surface area (Å²) in [7, 11) is 0. The van der Waals surface area contributed by atoms with Gasteiger partial charge in [0.1, 0.15) is 0 Å². The predicted molar refractivity (Wildman–Crippen MR) is 67.1 cm³/mol. The third-order valence-corrected chi connectivity index (χ3v) is 2.72. The summed E-state index contributed by atoms with van der Waals surface area (Å²) in [5.74, 6) is 0. The number of aliphatic imine (C=N–C) groups is 3. The zero-order valence-electron chi connectivity index (χ0n) is 10.1. The van der Waals surface area contributed by atoms with Crippen LogP contribution in [0, 0.1) is 0 Å². The van der Waals surface area contributed by atoms with Crippen molar-refractivity contribution in [3.63, 3.8) is 0 Å². The number of nitrogens with zero attached hydrogens (tertiary/aromatic N) is 3. The topological polar surface area (TPSA) is 88.3 Å². The number of isocyanates is 3. The molecule has 0 amide bonds. The molecule has 0 bridgehead atoms. The first-order valence-corrected chi connectivity index (χ1v) is 5.45. The maximum atomic E-state index is 10.3. The van der Waals surface area contributed by atoms with Crippen molar-refractivity contribution in [2.45, 2.75) is 5.41 Å². The quantitative estimate of drug-likeness (QED) is 0.537. The zero-order valence-corrected chi connectivity index (χ0v) is 10.1. The minimum atomic E-state index is -0.840. The van der Waals surface area contributed by atoms with Gasteiger partial charge in [-0.25, -0.2) is 29.4 Å². The summed E-state index contributed by atoms with van der Waals surface area (Å²) >= 11 is 0. The normalized spacial score (nSPS) is 12.2. The SMILES string of the molecule is O=C=NCC(CN=C=O)(CN=C=O)c1ccccc1. The van der Waals surface area contributed by atoms with Gasteiger partial charge in [-0.05, 0) is 5.56 Å². The summed E-state index contributed by atoms with van der Waals surface area (Å²) in [6, 6.07) is 9.00. The molecule has 0 unspecified atom stereocenters. The molecule has 0 saturated carbocycles. The molecule has 6 nitrogen and oxygen atoms in total. The fourth-order valence-corrected chi connectivity index (χ4v) is 1.77. The van der Waals surface area contributed by atoms with Gasteiger partial charge in [-0.3, -0.25) is 0 Å². The molecule has 0 N–H and O–H groups in total. The third kappa shape index (κ3) is 3.95. The number of benzene rings is 1. The van der Waals surface area contributed by atoms with E-state index in [0.29, 0.717) is 0 Å². The van der Waals surface area contributed by atoms with Gasteiger partial charge in [-0.1, -0.05) is 30.3 Å². The largest absolute Gasteiger partial charge is 0.234 e. The van der Waals surface area contributed by atoms with Crippen molar-refractivity contribution in [2.24, 2.45) is 15.0 Å². The lowest BCUT2D eigenvalue weighted by atomic mass is 9.80. The maximum absolute atomic E-state index is 10.3. The lowest BCUT2D eigenvalue weighted by Gasteiger charge is -2.27. The van der Waals surface area contributed by atoms with Crippen LogP contribution in [-0.2, 0) is 19.8 Å². The van der Waals surface area contributed by atoms with Crippen LogP contribution in [0.2, 0.25) is 0 Å². The fourth-order valence-electron chi connectivity index (χ4n) is 1.77. The molecule has 0 radical (unpaired) electrons. The van der Waals surface area contributed by atoms with Gasteiger partial charge in [0.15, 0.2) is 0 Å². The second-order valence-electron chi connectivity index (χ2n) is 3.87. The molecule has 1 aromatic rings. The molecule has 1 rings (SSSR count). The average Bonchev–Trinajstić information content (AvgIpc) is 2.48. The van der Waals surface area contributed by atoms with Crippen LogP contribution in [0.15, 0.2) is 45.3 Å². The van der Waals surface area contributed by atoms with E-state index in [9.17, 15) is 14.4 Å². The molecular formula is C13H11N3O3. The van der Waals surface area contributed by atoms with Crippen molar-refractivity contribution >= 4 is 18.2 Å². The number of carbonyl (C=O) groups excluding carboxylic acids is 3. The highest BCUT2D eigenvalue weighted by Gasteiger charge is 2.32. The molecule has 1 aromatic carbocycles. The van der Waals surface area contributed by atoms with Gasteiger partial charge in [-0.15, -0.1) is 0 Å². The van der Waals surface area contributed by atoms with E-state index in [1.165, 1.54) is 18.2 Å². The van der Waals surface area contributed by atoms with Gasteiger partial charge < -0.3 is 0 Å². The van der Waals surface area contributed by atoms with E-state index in [0.717, 1.165) is 5.56 Å². The van der Waals surface area contributed by atoms with E-state index >= 15 is 0 Å². The van der Waals surface area contributed by atoms with Crippen LogP contribution < -0.4 is 0 Å². The highest BCUT2D eigenvalue weighted by molar-refractivity contribution is 5.39. The van der Waals surface area contributed by atoms with Gasteiger partial charge in [0.25, 0.3) is 0 Å². The minimum absolute atomic E-state index is 0.0247. The summed E-state index contributed by atoms with van der Waals surface area (Å²) in [5.41, 5.74) is -0.0694. The molecule has 0 aromatic heterocycles. The molecule has 0 heterocycles. The monoisotopic (exact) mass is 257 g/mol. The summed E-state index contributed by atoms with van der Waals surface area (Å²) in [5, 5.41) is 0. The Bertz CT molecular complexity index is 501. The van der Waals surface area contributed by atoms with Crippen molar-refractivity contribution in [1.29, 1.82) is 0 Å². The Morgan fingerprint density at radius 3 is 1.58 bits per heavy atom. The first-order valence-electron chi connectivity index (χ1n) is 5.45. The Labute approximate surface area is 109 Å². The zero-order chi connectivity index (χ0) is 14.0. The van der Waals surface area contributed by atoms with Crippen LogP contribution in [0.25, 0.3) is 0 Å². The predicted octanol–water partition coefficient (Wildman–Crippen LogP) is 0.932. The molecule has 0 aliphatic rings. The molecule has 0 atom stereocenters. The van der Waals surface area contributed by atoms with E-state index in [-0.39, 0.29) is 19.6 Å². The lowest BCUT2D eigenvalue weighted by Crippen LogP contribution is -2.36. The molecule has 0 spiro atoms. The van der Waals surface area contributed by atoms with Gasteiger partial charge in [0.2, 0.25) is 18.2 Å². The lowest BCUT2D eigenvalue weighted by molar-refractivity contribution is 0.455. The van der Waals surface area contributed by atoms with E-state index in [2.05, 4.69) is 15.0 Å². The van der Waals surface area contributed by atoms with E-state index in [1.54, 1.807) is 24.3 Å². The second-order valence-corrected chi connectivity index (χ2v) is 3.87. The summed E-state index contributed by atoms with van der Waals surface area (Å²) in [6.45, 7) is 0.0740. The summed E-state index contributed by atoms with van der Waals surface area (Å²) < 4.78 is 0. The number of hydrogen-bond donors (Lipinski definition) is 0. The van der Waals surface area contributed by atoms with E-state index < -0.39 is 5.41 Å². The number of rotatable bonds is 7. The van der Waals surface area contributed by atoms with Crippen LogP contribution in [0.4, 0.5) is 0 Å². The van der Waals surface area contributed by atoms with E-state index in [1.807, 2.05) is 6.07 Å². The van der Waals surface area contributed by atoms with Crippen LogP contribution in [0.5, 0.6) is 0 Å². The standard InChI is InChI=1S/C13H11N3O3/c17-9-14-6-13(7-15-10-18,8-16-11-19)12-4-2-1-3-5-12/h1-5H,6-8H2. The molecule has 0 saturated heterocycles. The molecule has 96 valence electrons. The van der Waals surface area contributed by atoms with Crippen LogP contribution in [0.1, 0.15) is 5.56 Å².